The summed E-state index contributed by atoms with van der Waals surface area (Å²) < 4.78 is 7.12. The minimum Gasteiger partial charge on any atom is -0.466 e. The molecule has 3 heterocycles. The lowest BCUT2D eigenvalue weighted by atomic mass is 9.97. The summed E-state index contributed by atoms with van der Waals surface area (Å²) in [6, 6.07) is 5.87. The fourth-order valence-electron chi connectivity index (χ4n) is 3.27. The van der Waals surface area contributed by atoms with Crippen LogP contribution in [0.15, 0.2) is 29.4 Å². The van der Waals surface area contributed by atoms with Crippen LogP contribution in [0.25, 0.3) is 5.65 Å². The highest BCUT2D eigenvalue weighted by molar-refractivity contribution is 14.0. The van der Waals surface area contributed by atoms with Gasteiger partial charge in [-0.1, -0.05) is 6.07 Å². The van der Waals surface area contributed by atoms with Gasteiger partial charge in [0.15, 0.2) is 11.6 Å². The normalized spacial score (nSPS) is 15.5. The molecule has 1 aliphatic heterocycles. The molecule has 9 heteroatoms. The number of aromatic nitrogens is 3. The Bertz CT molecular complexity index is 770. The number of guanidine groups is 1. The number of nitrogens with one attached hydrogen (secondary N) is 1. The molecule has 0 saturated carbocycles. The second-order valence-electron chi connectivity index (χ2n) is 6.28. The van der Waals surface area contributed by atoms with Gasteiger partial charge in [0.1, 0.15) is 5.82 Å². The van der Waals surface area contributed by atoms with E-state index in [9.17, 15) is 4.79 Å². The zero-order valence-electron chi connectivity index (χ0n) is 15.8. The van der Waals surface area contributed by atoms with Gasteiger partial charge in [0, 0.05) is 39.3 Å². The number of likely N-dealkylation sites (tertiary alicyclic amines) is 1. The maximum Gasteiger partial charge on any atom is 0.309 e. The summed E-state index contributed by atoms with van der Waals surface area (Å²) in [7, 11) is 1.78. The summed E-state index contributed by atoms with van der Waals surface area (Å²) in [6.45, 7) is 4.62. The van der Waals surface area contributed by atoms with Crippen molar-refractivity contribution in [3.8, 4) is 0 Å². The first-order valence-electron chi connectivity index (χ1n) is 9.13. The molecule has 0 atom stereocenters. The fraction of sp³-hybridized carbons (Fsp3) is 0.556. The van der Waals surface area contributed by atoms with Gasteiger partial charge in [0.05, 0.1) is 12.5 Å². The molecule has 1 N–H and O–H groups in total. The molecule has 0 bridgehead atoms. The molecule has 2 aromatic heterocycles. The monoisotopic (exact) mass is 486 g/mol. The topological polar surface area (TPSA) is 84.1 Å². The standard InChI is InChI=1S/C18H26N6O2.HI/c1-3-26-17(25)14-8-12-23(13-9-14)18(19-2)20-10-7-16-22-21-15-6-4-5-11-24(15)16;/h4-6,11,14H,3,7-10,12-13H2,1-2H3,(H,19,20);1H. The fourth-order valence-corrected chi connectivity index (χ4v) is 3.27. The van der Waals surface area contributed by atoms with E-state index in [1.54, 1.807) is 7.05 Å². The average Bonchev–Trinajstić information content (AvgIpc) is 3.09. The SMILES string of the molecule is CCOC(=O)C1CCN(C(=NC)NCCc2nnc3ccccn23)CC1.I. The highest BCUT2D eigenvalue weighted by atomic mass is 127. The van der Waals surface area contributed by atoms with Crippen LogP contribution in [0.5, 0.6) is 0 Å². The van der Waals surface area contributed by atoms with Gasteiger partial charge in [-0.2, -0.15) is 0 Å². The van der Waals surface area contributed by atoms with Gasteiger partial charge < -0.3 is 15.0 Å². The quantitative estimate of drug-likeness (QED) is 0.300. The third-order valence-corrected chi connectivity index (χ3v) is 4.64. The zero-order chi connectivity index (χ0) is 18.4. The second-order valence-corrected chi connectivity index (χ2v) is 6.28. The third kappa shape index (κ3) is 5.30. The second kappa shape index (κ2) is 10.4. The molecular formula is C18H27IN6O2. The molecule has 0 radical (unpaired) electrons. The van der Waals surface area contributed by atoms with Crippen LogP contribution >= 0.6 is 24.0 Å². The number of pyridine rings is 1. The summed E-state index contributed by atoms with van der Waals surface area (Å²) in [5, 5.41) is 11.8. The average molecular weight is 486 g/mol. The first-order valence-corrected chi connectivity index (χ1v) is 9.13. The molecule has 0 aliphatic carbocycles. The van der Waals surface area contributed by atoms with Gasteiger partial charge >= 0.3 is 5.97 Å². The number of nitrogens with zero attached hydrogens (tertiary/aromatic N) is 5. The lowest BCUT2D eigenvalue weighted by Gasteiger charge is -2.33. The predicted molar refractivity (Wildman–Crippen MR) is 114 cm³/mol. The molecule has 148 valence electrons. The highest BCUT2D eigenvalue weighted by Gasteiger charge is 2.27. The van der Waals surface area contributed by atoms with Crippen molar-refractivity contribution in [3.63, 3.8) is 0 Å². The Morgan fingerprint density at radius 2 is 2.11 bits per heavy atom. The van der Waals surface area contributed by atoms with E-state index in [1.165, 1.54) is 0 Å². The number of rotatable bonds is 5. The molecule has 0 spiro atoms. The molecule has 1 fully saturated rings. The Balaban J connectivity index is 0.00000261. The van der Waals surface area contributed by atoms with Crippen molar-refractivity contribution in [2.75, 3.05) is 33.3 Å². The Morgan fingerprint density at radius 1 is 1.33 bits per heavy atom. The van der Waals surface area contributed by atoms with Crippen LogP contribution < -0.4 is 5.32 Å². The van der Waals surface area contributed by atoms with Crippen LogP contribution in [0.2, 0.25) is 0 Å². The van der Waals surface area contributed by atoms with Gasteiger partial charge in [-0.25, -0.2) is 0 Å². The van der Waals surface area contributed by atoms with Crippen molar-refractivity contribution in [2.24, 2.45) is 10.9 Å². The number of ether oxygens (including phenoxy) is 1. The predicted octanol–water partition coefficient (Wildman–Crippen LogP) is 1.74. The molecule has 0 unspecified atom stereocenters. The number of fused-ring (bicyclic) bond motifs is 1. The van der Waals surface area contributed by atoms with Crippen molar-refractivity contribution in [2.45, 2.75) is 26.2 Å². The van der Waals surface area contributed by atoms with Crippen LogP contribution in [0, 0.1) is 5.92 Å². The van der Waals surface area contributed by atoms with Crippen LogP contribution in [0.1, 0.15) is 25.6 Å². The largest absolute Gasteiger partial charge is 0.466 e. The number of carbonyl (C=O) groups is 1. The van der Waals surface area contributed by atoms with E-state index in [0.717, 1.165) is 56.3 Å². The third-order valence-electron chi connectivity index (χ3n) is 4.64. The molecular weight excluding hydrogens is 459 g/mol. The van der Waals surface area contributed by atoms with Crippen LogP contribution in [-0.4, -0.2) is 64.7 Å². The number of carbonyl (C=O) groups excluding carboxylic acids is 1. The minimum atomic E-state index is -0.0752. The number of hydrogen-bond acceptors (Lipinski definition) is 5. The molecule has 0 amide bonds. The van der Waals surface area contributed by atoms with Gasteiger partial charge in [-0.15, -0.1) is 34.2 Å². The number of halogens is 1. The number of hydrogen-bond donors (Lipinski definition) is 1. The van der Waals surface area contributed by atoms with Gasteiger partial charge in [-0.05, 0) is 31.9 Å². The number of piperidine rings is 1. The van der Waals surface area contributed by atoms with E-state index in [0.29, 0.717) is 6.61 Å². The van der Waals surface area contributed by atoms with E-state index < -0.39 is 0 Å². The van der Waals surface area contributed by atoms with E-state index in [4.69, 9.17) is 4.74 Å². The van der Waals surface area contributed by atoms with Crippen molar-refractivity contribution < 1.29 is 9.53 Å². The lowest BCUT2D eigenvalue weighted by molar-refractivity contribution is -0.149. The van der Waals surface area contributed by atoms with Crippen molar-refractivity contribution in [3.05, 3.63) is 30.2 Å². The molecule has 27 heavy (non-hydrogen) atoms. The van der Waals surface area contributed by atoms with Crippen LogP contribution in [0.3, 0.4) is 0 Å². The Hall–Kier alpha value is -1.91. The number of esters is 1. The molecule has 1 aliphatic rings. The van der Waals surface area contributed by atoms with E-state index in [-0.39, 0.29) is 35.9 Å². The summed E-state index contributed by atoms with van der Waals surface area (Å²) in [5.41, 5.74) is 0.855. The molecule has 3 rings (SSSR count). The molecule has 2 aromatic rings. The Labute approximate surface area is 176 Å². The molecule has 8 nitrogen and oxygen atoms in total. The smallest absolute Gasteiger partial charge is 0.309 e. The van der Waals surface area contributed by atoms with Crippen molar-refractivity contribution in [1.29, 1.82) is 0 Å². The number of aliphatic imine (C=N–C) groups is 1. The maximum absolute atomic E-state index is 11.9. The summed E-state index contributed by atoms with van der Waals surface area (Å²) >= 11 is 0. The first-order chi connectivity index (χ1) is 12.7. The Morgan fingerprint density at radius 3 is 2.81 bits per heavy atom. The minimum absolute atomic E-state index is 0. The van der Waals surface area contributed by atoms with Crippen molar-refractivity contribution >= 4 is 41.6 Å². The van der Waals surface area contributed by atoms with E-state index in [2.05, 4.69) is 25.4 Å². The van der Waals surface area contributed by atoms with E-state index in [1.807, 2.05) is 35.7 Å². The van der Waals surface area contributed by atoms with Crippen molar-refractivity contribution in [1.82, 2.24) is 24.8 Å². The lowest BCUT2D eigenvalue weighted by Crippen LogP contribution is -2.47. The van der Waals surface area contributed by atoms with Gasteiger partial charge in [0.2, 0.25) is 0 Å². The van der Waals surface area contributed by atoms with E-state index >= 15 is 0 Å². The summed E-state index contributed by atoms with van der Waals surface area (Å²) in [4.78, 5) is 18.4. The van der Waals surface area contributed by atoms with Gasteiger partial charge in [-0.3, -0.25) is 14.2 Å². The maximum atomic E-state index is 11.9. The first kappa shape index (κ1) is 21.4. The Kier molecular flexibility index (Phi) is 8.26. The highest BCUT2D eigenvalue weighted by Crippen LogP contribution is 2.18. The van der Waals surface area contributed by atoms with Gasteiger partial charge in [0.25, 0.3) is 0 Å². The zero-order valence-corrected chi connectivity index (χ0v) is 18.1. The van der Waals surface area contributed by atoms with Crippen LogP contribution in [-0.2, 0) is 16.0 Å². The van der Waals surface area contributed by atoms with Crippen LogP contribution in [0.4, 0.5) is 0 Å². The summed E-state index contributed by atoms with van der Waals surface area (Å²) in [5.74, 6) is 1.71. The summed E-state index contributed by atoms with van der Waals surface area (Å²) in [6.07, 6.45) is 4.33. The molecule has 0 aromatic carbocycles. The molecule has 1 saturated heterocycles.